The Morgan fingerprint density at radius 1 is 1.25 bits per heavy atom. The maximum atomic E-state index is 12.2. The number of anilines is 1. The van der Waals surface area contributed by atoms with Crippen LogP contribution in [-0.2, 0) is 4.79 Å². The van der Waals surface area contributed by atoms with Gasteiger partial charge in [-0.05, 0) is 67.7 Å². The van der Waals surface area contributed by atoms with E-state index in [2.05, 4.69) is 6.92 Å². The van der Waals surface area contributed by atoms with E-state index >= 15 is 0 Å². The van der Waals surface area contributed by atoms with Crippen molar-refractivity contribution >= 4 is 17.7 Å². The summed E-state index contributed by atoms with van der Waals surface area (Å²) in [5.74, 6) is 2.24. The summed E-state index contributed by atoms with van der Waals surface area (Å²) >= 11 is 0. The molecule has 4 nitrogen and oxygen atoms in total. The van der Waals surface area contributed by atoms with Crippen LogP contribution >= 0.6 is 0 Å². The van der Waals surface area contributed by atoms with E-state index in [-0.39, 0.29) is 5.91 Å². The Balaban J connectivity index is 1.68. The molecule has 1 saturated heterocycles. The molecule has 0 saturated carbocycles. The van der Waals surface area contributed by atoms with E-state index < -0.39 is 0 Å². The zero-order chi connectivity index (χ0) is 17.1. The third kappa shape index (κ3) is 3.70. The molecule has 2 aromatic rings. The van der Waals surface area contributed by atoms with Crippen LogP contribution in [0.3, 0.4) is 0 Å². The van der Waals surface area contributed by atoms with Gasteiger partial charge >= 0.3 is 0 Å². The molecule has 0 radical (unpaired) electrons. The minimum atomic E-state index is 0.0588. The molecule has 1 aromatic carbocycles. The lowest BCUT2D eigenvalue weighted by Crippen LogP contribution is -2.36. The summed E-state index contributed by atoms with van der Waals surface area (Å²) in [4.78, 5) is 14.1. The maximum Gasteiger partial charge on any atom is 0.246 e. The number of benzene rings is 1. The molecule has 126 valence electrons. The average molecular weight is 324 g/mol. The number of aryl methyl sites for hydroxylation is 1. The van der Waals surface area contributed by atoms with Gasteiger partial charge in [0.1, 0.15) is 11.5 Å². The summed E-state index contributed by atoms with van der Waals surface area (Å²) in [6.07, 6.45) is 5.52. The van der Waals surface area contributed by atoms with Gasteiger partial charge in [-0.2, -0.15) is 0 Å². The van der Waals surface area contributed by atoms with Crippen molar-refractivity contribution in [2.45, 2.75) is 26.7 Å². The Kier molecular flexibility index (Phi) is 4.74. The van der Waals surface area contributed by atoms with Crippen LogP contribution in [0.4, 0.5) is 5.69 Å². The zero-order valence-electron chi connectivity index (χ0n) is 14.3. The molecular weight excluding hydrogens is 300 g/mol. The van der Waals surface area contributed by atoms with Gasteiger partial charge < -0.3 is 15.1 Å². The standard InChI is InChI=1S/C20H24N2O2/c1-14-9-11-22(12-10-14)20(23)8-5-17-4-7-19(24-17)18-6-3-16(21)13-15(18)2/h3-8,13-14H,9-12,21H2,1-2H3/b8-5+. The van der Waals surface area contributed by atoms with Crippen molar-refractivity contribution in [3.05, 3.63) is 47.7 Å². The number of hydrogen-bond acceptors (Lipinski definition) is 3. The van der Waals surface area contributed by atoms with Crippen LogP contribution in [0.15, 0.2) is 40.8 Å². The Morgan fingerprint density at radius 2 is 2.00 bits per heavy atom. The summed E-state index contributed by atoms with van der Waals surface area (Å²) in [5, 5.41) is 0. The number of amides is 1. The van der Waals surface area contributed by atoms with Gasteiger partial charge in [0.25, 0.3) is 0 Å². The molecule has 2 N–H and O–H groups in total. The second kappa shape index (κ2) is 6.95. The number of nitrogen functional groups attached to an aromatic ring is 1. The van der Waals surface area contributed by atoms with Crippen LogP contribution in [-0.4, -0.2) is 23.9 Å². The van der Waals surface area contributed by atoms with Gasteiger partial charge in [0, 0.05) is 30.4 Å². The largest absolute Gasteiger partial charge is 0.457 e. The first-order valence-electron chi connectivity index (χ1n) is 8.46. The Labute approximate surface area is 142 Å². The van der Waals surface area contributed by atoms with E-state index in [1.54, 1.807) is 12.2 Å². The number of rotatable bonds is 3. The van der Waals surface area contributed by atoms with Crippen LogP contribution in [0, 0.1) is 12.8 Å². The van der Waals surface area contributed by atoms with Crippen molar-refractivity contribution in [3.63, 3.8) is 0 Å². The fourth-order valence-electron chi connectivity index (χ4n) is 3.04. The van der Waals surface area contributed by atoms with E-state index in [1.165, 1.54) is 0 Å². The van der Waals surface area contributed by atoms with Gasteiger partial charge in [0.05, 0.1) is 0 Å². The number of hydrogen-bond donors (Lipinski definition) is 1. The third-order valence-corrected chi connectivity index (χ3v) is 4.63. The number of nitrogens with two attached hydrogens (primary N) is 1. The molecule has 2 heterocycles. The van der Waals surface area contributed by atoms with E-state index in [9.17, 15) is 4.79 Å². The number of likely N-dealkylation sites (tertiary alicyclic amines) is 1. The third-order valence-electron chi connectivity index (χ3n) is 4.63. The average Bonchev–Trinajstić information content (AvgIpc) is 3.02. The van der Waals surface area contributed by atoms with Gasteiger partial charge in [-0.15, -0.1) is 0 Å². The number of piperidine rings is 1. The zero-order valence-corrected chi connectivity index (χ0v) is 14.3. The SMILES string of the molecule is Cc1cc(N)ccc1-c1ccc(/C=C/C(=O)N2CCC(C)CC2)o1. The lowest BCUT2D eigenvalue weighted by atomic mass is 9.99. The highest BCUT2D eigenvalue weighted by molar-refractivity contribution is 5.91. The maximum absolute atomic E-state index is 12.2. The van der Waals surface area contributed by atoms with E-state index in [0.717, 1.165) is 48.5 Å². The predicted molar refractivity (Wildman–Crippen MR) is 97.3 cm³/mol. The van der Waals surface area contributed by atoms with Crippen molar-refractivity contribution in [1.29, 1.82) is 0 Å². The van der Waals surface area contributed by atoms with Gasteiger partial charge in [-0.25, -0.2) is 0 Å². The normalized spacial score (nSPS) is 16.0. The molecule has 4 heteroatoms. The van der Waals surface area contributed by atoms with Crippen LogP contribution in [0.1, 0.15) is 31.1 Å². The van der Waals surface area contributed by atoms with Crippen molar-refractivity contribution in [2.75, 3.05) is 18.8 Å². The van der Waals surface area contributed by atoms with Gasteiger partial charge in [0.15, 0.2) is 0 Å². The van der Waals surface area contributed by atoms with Crippen molar-refractivity contribution < 1.29 is 9.21 Å². The predicted octanol–water partition coefficient (Wildman–Crippen LogP) is 4.11. The first-order chi connectivity index (χ1) is 11.5. The highest BCUT2D eigenvalue weighted by Gasteiger charge is 2.18. The molecule has 24 heavy (non-hydrogen) atoms. The molecule has 0 unspecified atom stereocenters. The molecule has 1 fully saturated rings. The molecule has 3 rings (SSSR count). The monoisotopic (exact) mass is 324 g/mol. The summed E-state index contributed by atoms with van der Waals surface area (Å²) < 4.78 is 5.85. The Hall–Kier alpha value is -2.49. The molecule has 0 bridgehead atoms. The fraction of sp³-hybridized carbons (Fsp3) is 0.350. The lowest BCUT2D eigenvalue weighted by Gasteiger charge is -2.29. The van der Waals surface area contributed by atoms with Crippen LogP contribution in [0.25, 0.3) is 17.4 Å². The van der Waals surface area contributed by atoms with Gasteiger partial charge in [0.2, 0.25) is 5.91 Å². The van der Waals surface area contributed by atoms with Gasteiger partial charge in [-0.1, -0.05) is 6.92 Å². The number of carbonyl (C=O) groups excluding carboxylic acids is 1. The molecule has 0 atom stereocenters. The van der Waals surface area contributed by atoms with E-state index in [4.69, 9.17) is 10.2 Å². The summed E-state index contributed by atoms with van der Waals surface area (Å²) in [5.41, 5.74) is 8.61. The summed E-state index contributed by atoms with van der Waals surface area (Å²) in [6.45, 7) is 5.93. The second-order valence-electron chi connectivity index (χ2n) is 6.62. The highest BCUT2D eigenvalue weighted by atomic mass is 16.3. The van der Waals surface area contributed by atoms with Crippen LogP contribution in [0.5, 0.6) is 0 Å². The minimum Gasteiger partial charge on any atom is -0.457 e. The number of nitrogens with zero attached hydrogens (tertiary/aromatic N) is 1. The first kappa shape index (κ1) is 16.4. The topological polar surface area (TPSA) is 59.5 Å². The molecule has 1 aliphatic rings. The van der Waals surface area contributed by atoms with Gasteiger partial charge in [-0.3, -0.25) is 4.79 Å². The quantitative estimate of drug-likeness (QED) is 0.683. The molecular formula is C20H24N2O2. The Morgan fingerprint density at radius 3 is 2.71 bits per heavy atom. The van der Waals surface area contributed by atoms with Crippen molar-refractivity contribution in [2.24, 2.45) is 5.92 Å². The number of furan rings is 1. The molecule has 1 aliphatic heterocycles. The molecule has 1 aromatic heterocycles. The van der Waals surface area contributed by atoms with Crippen LogP contribution < -0.4 is 5.73 Å². The lowest BCUT2D eigenvalue weighted by molar-refractivity contribution is -0.127. The summed E-state index contributed by atoms with van der Waals surface area (Å²) in [6, 6.07) is 9.55. The van der Waals surface area contributed by atoms with Crippen molar-refractivity contribution in [1.82, 2.24) is 4.90 Å². The van der Waals surface area contributed by atoms with Crippen molar-refractivity contribution in [3.8, 4) is 11.3 Å². The molecule has 0 spiro atoms. The van der Waals surface area contributed by atoms with E-state index in [1.807, 2.05) is 42.2 Å². The van der Waals surface area contributed by atoms with E-state index in [0.29, 0.717) is 11.7 Å². The minimum absolute atomic E-state index is 0.0588. The first-order valence-corrected chi connectivity index (χ1v) is 8.46. The molecule has 0 aliphatic carbocycles. The summed E-state index contributed by atoms with van der Waals surface area (Å²) in [7, 11) is 0. The Bertz CT molecular complexity index is 753. The van der Waals surface area contributed by atoms with Crippen LogP contribution in [0.2, 0.25) is 0 Å². The highest BCUT2D eigenvalue weighted by Crippen LogP contribution is 2.27. The fourth-order valence-corrected chi connectivity index (χ4v) is 3.04. The second-order valence-corrected chi connectivity index (χ2v) is 6.62. The smallest absolute Gasteiger partial charge is 0.246 e. The molecule has 1 amide bonds. The number of carbonyl (C=O) groups is 1.